The van der Waals surface area contributed by atoms with Crippen molar-refractivity contribution in [3.05, 3.63) is 6.33 Å². The average molecular weight is 296 g/mol. The quantitative estimate of drug-likeness (QED) is 0.692. The summed E-state index contributed by atoms with van der Waals surface area (Å²) in [4.78, 5) is 8.55. The molecule has 0 saturated carbocycles. The van der Waals surface area contributed by atoms with Gasteiger partial charge < -0.3 is 20.1 Å². The molecule has 0 amide bonds. The fraction of sp³-hybridized carbons (Fsp3) is 0.733. The molecule has 0 bridgehead atoms. The number of hydrogen-bond donors (Lipinski definition) is 2. The summed E-state index contributed by atoms with van der Waals surface area (Å²) in [5, 5.41) is 6.66. The van der Waals surface area contributed by atoms with E-state index in [1.165, 1.54) is 0 Å². The van der Waals surface area contributed by atoms with Crippen LogP contribution in [-0.2, 0) is 4.74 Å². The molecule has 6 nitrogen and oxygen atoms in total. The van der Waals surface area contributed by atoms with Crippen LogP contribution >= 0.6 is 0 Å². The number of ether oxygens (including phenoxy) is 2. The second kappa shape index (κ2) is 9.39. The van der Waals surface area contributed by atoms with Gasteiger partial charge in [-0.2, -0.15) is 0 Å². The lowest BCUT2D eigenvalue weighted by Crippen LogP contribution is -2.31. The second-order valence-electron chi connectivity index (χ2n) is 5.19. The molecule has 1 heterocycles. The first-order valence-corrected chi connectivity index (χ1v) is 7.61. The predicted octanol–water partition coefficient (Wildman–Crippen LogP) is 2.78. The molecule has 6 heteroatoms. The van der Waals surface area contributed by atoms with Crippen LogP contribution in [-0.4, -0.2) is 42.9 Å². The van der Waals surface area contributed by atoms with E-state index in [-0.39, 0.29) is 6.04 Å². The highest BCUT2D eigenvalue weighted by molar-refractivity contribution is 5.63. The Morgan fingerprint density at radius 3 is 2.48 bits per heavy atom. The van der Waals surface area contributed by atoms with Crippen molar-refractivity contribution in [2.45, 2.75) is 40.2 Å². The van der Waals surface area contributed by atoms with Crippen molar-refractivity contribution in [1.29, 1.82) is 0 Å². The summed E-state index contributed by atoms with van der Waals surface area (Å²) in [7, 11) is 1.63. The summed E-state index contributed by atoms with van der Waals surface area (Å²) in [6.07, 6.45) is 2.57. The minimum Gasteiger partial charge on any atom is -0.490 e. The third kappa shape index (κ3) is 5.38. The van der Waals surface area contributed by atoms with Crippen LogP contribution in [0.2, 0.25) is 0 Å². The van der Waals surface area contributed by atoms with Crippen LogP contribution in [0.4, 0.5) is 11.6 Å². The monoisotopic (exact) mass is 296 g/mol. The summed E-state index contributed by atoms with van der Waals surface area (Å²) in [5.74, 6) is 2.48. The highest BCUT2D eigenvalue weighted by atomic mass is 16.5. The van der Waals surface area contributed by atoms with Crippen molar-refractivity contribution < 1.29 is 9.47 Å². The Morgan fingerprint density at radius 1 is 1.19 bits per heavy atom. The molecule has 0 aliphatic rings. The Labute approximate surface area is 127 Å². The lowest BCUT2D eigenvalue weighted by Gasteiger charge is -2.24. The standard InChI is InChI=1S/C15H28N4O2/c1-6-8-16-14-13(20-5)15(18-10-17-14)19-12(11(3)4)9-21-7-2/h10-12H,6-9H2,1-5H3,(H2,16,17,18,19). The maximum Gasteiger partial charge on any atom is 0.204 e. The van der Waals surface area contributed by atoms with E-state index in [1.54, 1.807) is 13.4 Å². The first kappa shape index (κ1) is 17.5. The zero-order valence-electron chi connectivity index (χ0n) is 13.8. The lowest BCUT2D eigenvalue weighted by atomic mass is 10.1. The Hall–Kier alpha value is -1.56. The van der Waals surface area contributed by atoms with Crippen molar-refractivity contribution in [3.63, 3.8) is 0 Å². The van der Waals surface area contributed by atoms with E-state index in [1.807, 2.05) is 6.92 Å². The van der Waals surface area contributed by atoms with E-state index < -0.39 is 0 Å². The molecule has 1 atom stereocenters. The van der Waals surface area contributed by atoms with Crippen LogP contribution in [0.1, 0.15) is 34.1 Å². The van der Waals surface area contributed by atoms with Crippen LogP contribution in [0.15, 0.2) is 6.33 Å². The molecule has 0 aliphatic heterocycles. The maximum atomic E-state index is 5.54. The summed E-state index contributed by atoms with van der Waals surface area (Å²) in [5.41, 5.74) is 0. The zero-order valence-corrected chi connectivity index (χ0v) is 13.8. The van der Waals surface area contributed by atoms with Crippen molar-refractivity contribution in [3.8, 4) is 5.75 Å². The van der Waals surface area contributed by atoms with Crippen molar-refractivity contribution >= 4 is 11.6 Å². The van der Waals surface area contributed by atoms with Gasteiger partial charge in [0.05, 0.1) is 19.8 Å². The third-order valence-corrected chi connectivity index (χ3v) is 3.18. The number of hydrogen-bond acceptors (Lipinski definition) is 6. The zero-order chi connectivity index (χ0) is 15.7. The molecule has 0 aromatic carbocycles. The fourth-order valence-corrected chi connectivity index (χ4v) is 1.86. The molecule has 2 N–H and O–H groups in total. The third-order valence-electron chi connectivity index (χ3n) is 3.18. The molecule has 21 heavy (non-hydrogen) atoms. The second-order valence-corrected chi connectivity index (χ2v) is 5.19. The van der Waals surface area contributed by atoms with Crippen LogP contribution < -0.4 is 15.4 Å². The molecule has 0 radical (unpaired) electrons. The van der Waals surface area contributed by atoms with E-state index in [0.717, 1.165) is 18.8 Å². The van der Waals surface area contributed by atoms with Gasteiger partial charge in [0.25, 0.3) is 0 Å². The van der Waals surface area contributed by atoms with Gasteiger partial charge in [-0.15, -0.1) is 0 Å². The number of rotatable bonds is 10. The predicted molar refractivity (Wildman–Crippen MR) is 86.1 cm³/mol. The molecular formula is C15H28N4O2. The van der Waals surface area contributed by atoms with Gasteiger partial charge in [-0.3, -0.25) is 0 Å². The van der Waals surface area contributed by atoms with Crippen molar-refractivity contribution in [2.24, 2.45) is 5.92 Å². The smallest absolute Gasteiger partial charge is 0.204 e. The number of methoxy groups -OCH3 is 1. The van der Waals surface area contributed by atoms with Crippen LogP contribution in [0.3, 0.4) is 0 Å². The molecule has 1 aromatic heterocycles. The maximum absolute atomic E-state index is 5.54. The Balaban J connectivity index is 2.89. The minimum atomic E-state index is 0.174. The summed E-state index contributed by atoms with van der Waals surface area (Å²) >= 11 is 0. The molecule has 0 aliphatic carbocycles. The van der Waals surface area contributed by atoms with Gasteiger partial charge in [0.1, 0.15) is 6.33 Å². The van der Waals surface area contributed by atoms with Crippen LogP contribution in [0.5, 0.6) is 5.75 Å². The molecule has 1 aromatic rings. The lowest BCUT2D eigenvalue weighted by molar-refractivity contribution is 0.126. The van der Waals surface area contributed by atoms with Gasteiger partial charge >= 0.3 is 0 Å². The Bertz CT molecular complexity index is 413. The minimum absolute atomic E-state index is 0.174. The summed E-state index contributed by atoms with van der Waals surface area (Å²) in [6.45, 7) is 10.6. The molecule has 0 spiro atoms. The SMILES string of the molecule is CCCNc1ncnc(NC(COCC)C(C)C)c1OC. The van der Waals surface area contributed by atoms with E-state index in [4.69, 9.17) is 9.47 Å². The fourth-order valence-electron chi connectivity index (χ4n) is 1.86. The molecule has 0 fully saturated rings. The normalized spacial score (nSPS) is 12.3. The van der Waals surface area contributed by atoms with Crippen LogP contribution in [0.25, 0.3) is 0 Å². The molecule has 0 saturated heterocycles. The average Bonchev–Trinajstić information content (AvgIpc) is 2.48. The van der Waals surface area contributed by atoms with E-state index in [0.29, 0.717) is 30.7 Å². The van der Waals surface area contributed by atoms with Gasteiger partial charge in [0, 0.05) is 13.2 Å². The van der Waals surface area contributed by atoms with Crippen molar-refractivity contribution in [1.82, 2.24) is 9.97 Å². The first-order chi connectivity index (χ1) is 10.1. The Morgan fingerprint density at radius 2 is 1.90 bits per heavy atom. The van der Waals surface area contributed by atoms with Gasteiger partial charge in [-0.25, -0.2) is 9.97 Å². The largest absolute Gasteiger partial charge is 0.490 e. The molecule has 1 rings (SSSR count). The van der Waals surface area contributed by atoms with Crippen LogP contribution in [0, 0.1) is 5.92 Å². The molecule has 120 valence electrons. The van der Waals surface area contributed by atoms with Gasteiger partial charge in [0.15, 0.2) is 11.6 Å². The summed E-state index contributed by atoms with van der Waals surface area (Å²) < 4.78 is 11.0. The van der Waals surface area contributed by atoms with E-state index in [9.17, 15) is 0 Å². The number of anilines is 2. The van der Waals surface area contributed by atoms with Gasteiger partial charge in [-0.05, 0) is 19.3 Å². The first-order valence-electron chi connectivity index (χ1n) is 7.61. The topological polar surface area (TPSA) is 68.3 Å². The number of aromatic nitrogens is 2. The number of nitrogens with zero attached hydrogens (tertiary/aromatic N) is 2. The van der Waals surface area contributed by atoms with Gasteiger partial charge in [-0.1, -0.05) is 20.8 Å². The van der Waals surface area contributed by atoms with E-state index >= 15 is 0 Å². The molecular weight excluding hydrogens is 268 g/mol. The van der Waals surface area contributed by atoms with Crippen molar-refractivity contribution in [2.75, 3.05) is 37.5 Å². The molecule has 1 unspecified atom stereocenters. The number of nitrogens with one attached hydrogen (secondary N) is 2. The highest BCUT2D eigenvalue weighted by Gasteiger charge is 2.18. The van der Waals surface area contributed by atoms with Gasteiger partial charge in [0.2, 0.25) is 5.75 Å². The Kier molecular flexibility index (Phi) is 7.82. The van der Waals surface area contributed by atoms with E-state index in [2.05, 4.69) is 41.4 Å². The summed E-state index contributed by atoms with van der Waals surface area (Å²) in [6, 6.07) is 0.174. The highest BCUT2D eigenvalue weighted by Crippen LogP contribution is 2.30.